The van der Waals surface area contributed by atoms with Crippen molar-refractivity contribution in [1.82, 2.24) is 10.2 Å². The van der Waals surface area contributed by atoms with E-state index in [1.165, 1.54) is 16.8 Å². The molecule has 0 aliphatic carbocycles. The lowest BCUT2D eigenvalue weighted by atomic mass is 9.93. The number of anilines is 1. The molecule has 1 N–H and O–H groups in total. The standard InChI is InChI=1S/C26H35N3O3/c1-3-31-23-7-5-22(6-8-23)29-15-13-28(14-16-29)12-10-25-24-9-4-20(19-26(30)27-2)18-21(24)11-17-32-25/h4-9,18,25H,3,10-17,19H2,1-2H3,(H,27,30). The van der Waals surface area contributed by atoms with Crippen molar-refractivity contribution in [2.24, 2.45) is 0 Å². The van der Waals surface area contributed by atoms with Gasteiger partial charge in [-0.1, -0.05) is 18.2 Å². The molecular weight excluding hydrogens is 402 g/mol. The number of carbonyl (C=O) groups excluding carboxylic acids is 1. The second kappa shape index (κ2) is 10.8. The van der Waals surface area contributed by atoms with Gasteiger partial charge in [0.15, 0.2) is 0 Å². The number of piperazine rings is 1. The van der Waals surface area contributed by atoms with E-state index in [-0.39, 0.29) is 12.0 Å². The third-order valence-electron chi connectivity index (χ3n) is 6.48. The molecule has 2 aliphatic rings. The molecule has 1 saturated heterocycles. The molecule has 6 heteroatoms. The molecular formula is C26H35N3O3. The molecule has 1 amide bonds. The number of amides is 1. The van der Waals surface area contributed by atoms with Crippen LogP contribution in [0.1, 0.15) is 36.1 Å². The first-order valence-electron chi connectivity index (χ1n) is 11.8. The fourth-order valence-corrected chi connectivity index (χ4v) is 4.66. The van der Waals surface area contributed by atoms with Gasteiger partial charge in [0.05, 0.1) is 25.7 Å². The molecule has 0 bridgehead atoms. The van der Waals surface area contributed by atoms with Gasteiger partial charge in [0.1, 0.15) is 5.75 Å². The van der Waals surface area contributed by atoms with Crippen LogP contribution in [0.15, 0.2) is 42.5 Å². The van der Waals surface area contributed by atoms with Crippen LogP contribution in [0.25, 0.3) is 0 Å². The summed E-state index contributed by atoms with van der Waals surface area (Å²) in [5, 5.41) is 2.70. The molecule has 1 fully saturated rings. The van der Waals surface area contributed by atoms with Crippen LogP contribution in [0.5, 0.6) is 5.75 Å². The molecule has 2 aromatic rings. The first kappa shape index (κ1) is 22.6. The zero-order valence-corrected chi connectivity index (χ0v) is 19.3. The van der Waals surface area contributed by atoms with Gasteiger partial charge in [-0.3, -0.25) is 9.69 Å². The van der Waals surface area contributed by atoms with Crippen molar-refractivity contribution in [2.75, 3.05) is 57.9 Å². The van der Waals surface area contributed by atoms with Crippen molar-refractivity contribution in [1.29, 1.82) is 0 Å². The number of hydrogen-bond acceptors (Lipinski definition) is 5. The second-order valence-electron chi connectivity index (χ2n) is 8.54. The number of likely N-dealkylation sites (N-methyl/N-ethyl adjacent to an activating group) is 1. The van der Waals surface area contributed by atoms with E-state index in [0.29, 0.717) is 13.0 Å². The zero-order chi connectivity index (χ0) is 22.3. The minimum atomic E-state index is 0.0536. The Labute approximate surface area is 191 Å². The average Bonchev–Trinajstić information content (AvgIpc) is 2.83. The Morgan fingerprint density at radius 3 is 2.62 bits per heavy atom. The van der Waals surface area contributed by atoms with Crippen LogP contribution < -0.4 is 15.0 Å². The normalized spacial score (nSPS) is 18.8. The summed E-state index contributed by atoms with van der Waals surface area (Å²) in [4.78, 5) is 16.7. The number of benzene rings is 2. The SMILES string of the molecule is CCOc1ccc(N2CCN(CCC3OCCc4cc(CC(=O)NC)ccc43)CC2)cc1. The fraction of sp³-hybridized carbons (Fsp3) is 0.500. The lowest BCUT2D eigenvalue weighted by Crippen LogP contribution is -2.46. The maximum atomic E-state index is 11.7. The van der Waals surface area contributed by atoms with Gasteiger partial charge in [0.25, 0.3) is 0 Å². The molecule has 172 valence electrons. The summed E-state index contributed by atoms with van der Waals surface area (Å²) >= 11 is 0. The van der Waals surface area contributed by atoms with Crippen LogP contribution in [0, 0.1) is 0 Å². The molecule has 0 radical (unpaired) electrons. The van der Waals surface area contributed by atoms with Gasteiger partial charge in [0.2, 0.25) is 5.91 Å². The van der Waals surface area contributed by atoms with Crippen molar-refractivity contribution in [3.05, 3.63) is 59.2 Å². The van der Waals surface area contributed by atoms with Gasteiger partial charge in [0, 0.05) is 45.5 Å². The van der Waals surface area contributed by atoms with Gasteiger partial charge < -0.3 is 19.7 Å². The number of nitrogens with one attached hydrogen (secondary N) is 1. The number of fused-ring (bicyclic) bond motifs is 1. The predicted molar refractivity (Wildman–Crippen MR) is 127 cm³/mol. The van der Waals surface area contributed by atoms with E-state index in [4.69, 9.17) is 9.47 Å². The second-order valence-corrected chi connectivity index (χ2v) is 8.54. The molecule has 0 saturated carbocycles. The summed E-state index contributed by atoms with van der Waals surface area (Å²) in [5.41, 5.74) is 4.98. The van der Waals surface area contributed by atoms with Crippen LogP contribution in [-0.2, 0) is 22.4 Å². The third-order valence-corrected chi connectivity index (χ3v) is 6.48. The Bertz CT molecular complexity index is 892. The summed E-state index contributed by atoms with van der Waals surface area (Å²) in [7, 11) is 1.68. The molecule has 4 rings (SSSR count). The maximum Gasteiger partial charge on any atom is 0.224 e. The van der Waals surface area contributed by atoms with E-state index in [1.807, 2.05) is 6.92 Å². The number of rotatable bonds is 8. The first-order chi connectivity index (χ1) is 15.7. The summed E-state index contributed by atoms with van der Waals surface area (Å²) in [5.74, 6) is 0.987. The van der Waals surface area contributed by atoms with Gasteiger partial charge in [-0.2, -0.15) is 0 Å². The van der Waals surface area contributed by atoms with Crippen molar-refractivity contribution < 1.29 is 14.3 Å². The van der Waals surface area contributed by atoms with Gasteiger partial charge in [-0.25, -0.2) is 0 Å². The molecule has 0 spiro atoms. The van der Waals surface area contributed by atoms with E-state index in [1.54, 1.807) is 7.05 Å². The summed E-state index contributed by atoms with van der Waals surface area (Å²) in [6, 6.07) is 14.9. The minimum absolute atomic E-state index is 0.0536. The molecule has 1 unspecified atom stereocenters. The Hall–Kier alpha value is -2.57. The quantitative estimate of drug-likeness (QED) is 0.687. The van der Waals surface area contributed by atoms with Crippen molar-refractivity contribution in [3.63, 3.8) is 0 Å². The van der Waals surface area contributed by atoms with E-state index >= 15 is 0 Å². The summed E-state index contributed by atoms with van der Waals surface area (Å²) in [6.07, 6.45) is 2.52. The number of nitrogens with zero attached hydrogens (tertiary/aromatic N) is 2. The molecule has 0 aromatic heterocycles. The highest BCUT2D eigenvalue weighted by Crippen LogP contribution is 2.31. The first-order valence-corrected chi connectivity index (χ1v) is 11.8. The third kappa shape index (κ3) is 5.61. The van der Waals surface area contributed by atoms with Crippen LogP contribution in [0.4, 0.5) is 5.69 Å². The molecule has 1 atom stereocenters. The number of carbonyl (C=O) groups is 1. The van der Waals surface area contributed by atoms with Gasteiger partial charge in [-0.15, -0.1) is 0 Å². The van der Waals surface area contributed by atoms with Gasteiger partial charge in [-0.05, 0) is 60.7 Å². The van der Waals surface area contributed by atoms with E-state index in [9.17, 15) is 4.79 Å². The minimum Gasteiger partial charge on any atom is -0.494 e. The summed E-state index contributed by atoms with van der Waals surface area (Å²) < 4.78 is 11.7. The highest BCUT2D eigenvalue weighted by molar-refractivity contribution is 5.78. The van der Waals surface area contributed by atoms with Crippen LogP contribution in [0.2, 0.25) is 0 Å². The molecule has 2 aliphatic heterocycles. The lowest BCUT2D eigenvalue weighted by molar-refractivity contribution is -0.119. The Morgan fingerprint density at radius 1 is 1.12 bits per heavy atom. The van der Waals surface area contributed by atoms with E-state index in [0.717, 1.165) is 63.5 Å². The fourth-order valence-electron chi connectivity index (χ4n) is 4.66. The number of ether oxygens (including phenoxy) is 2. The predicted octanol–water partition coefficient (Wildman–Crippen LogP) is 3.20. The van der Waals surface area contributed by atoms with Gasteiger partial charge >= 0.3 is 0 Å². The summed E-state index contributed by atoms with van der Waals surface area (Å²) in [6.45, 7) is 8.72. The van der Waals surface area contributed by atoms with E-state index in [2.05, 4.69) is 57.6 Å². The van der Waals surface area contributed by atoms with Crippen LogP contribution >= 0.6 is 0 Å². The highest BCUT2D eigenvalue weighted by Gasteiger charge is 2.24. The molecule has 2 aromatic carbocycles. The average molecular weight is 438 g/mol. The zero-order valence-electron chi connectivity index (χ0n) is 19.3. The number of hydrogen-bond donors (Lipinski definition) is 1. The van der Waals surface area contributed by atoms with Crippen LogP contribution in [-0.4, -0.2) is 63.8 Å². The maximum absolute atomic E-state index is 11.7. The van der Waals surface area contributed by atoms with Crippen molar-refractivity contribution in [3.8, 4) is 5.75 Å². The van der Waals surface area contributed by atoms with Crippen molar-refractivity contribution in [2.45, 2.75) is 32.3 Å². The molecule has 32 heavy (non-hydrogen) atoms. The topological polar surface area (TPSA) is 54.0 Å². The Kier molecular flexibility index (Phi) is 7.66. The molecule has 6 nitrogen and oxygen atoms in total. The van der Waals surface area contributed by atoms with Crippen molar-refractivity contribution >= 4 is 11.6 Å². The largest absolute Gasteiger partial charge is 0.494 e. The Morgan fingerprint density at radius 2 is 1.91 bits per heavy atom. The smallest absolute Gasteiger partial charge is 0.224 e. The molecule has 2 heterocycles. The lowest BCUT2D eigenvalue weighted by Gasteiger charge is -2.37. The van der Waals surface area contributed by atoms with Crippen LogP contribution in [0.3, 0.4) is 0 Å². The van der Waals surface area contributed by atoms with E-state index < -0.39 is 0 Å². The Balaban J connectivity index is 1.27. The highest BCUT2D eigenvalue weighted by atomic mass is 16.5. The monoisotopic (exact) mass is 437 g/mol.